The van der Waals surface area contributed by atoms with E-state index in [2.05, 4.69) is 14.9 Å². The lowest BCUT2D eigenvalue weighted by Crippen LogP contribution is -2.56. The van der Waals surface area contributed by atoms with Gasteiger partial charge in [0.2, 0.25) is 16.9 Å². The summed E-state index contributed by atoms with van der Waals surface area (Å²) in [5.41, 5.74) is 2.16. The molecule has 1 aliphatic carbocycles. The zero-order valence-electron chi connectivity index (χ0n) is 21.3. The summed E-state index contributed by atoms with van der Waals surface area (Å²) in [6.45, 7) is -1.28. The molecule has 2 aliphatic heterocycles. The predicted octanol–water partition coefficient (Wildman–Crippen LogP) is 3.81. The molecule has 3 N–H and O–H groups in total. The van der Waals surface area contributed by atoms with Crippen molar-refractivity contribution in [2.24, 2.45) is 5.41 Å². The number of aliphatic hydroxyl groups is 1. The van der Waals surface area contributed by atoms with Gasteiger partial charge >= 0.3 is 0 Å². The fourth-order valence-electron chi connectivity index (χ4n) is 5.18. The molecule has 2 saturated heterocycles. The van der Waals surface area contributed by atoms with E-state index in [4.69, 9.17) is 9.84 Å². The number of alkyl halides is 3. The molecule has 0 atom stereocenters. The van der Waals surface area contributed by atoms with Gasteiger partial charge in [-0.3, -0.25) is 9.52 Å². The van der Waals surface area contributed by atoms with Crippen LogP contribution in [0.5, 0.6) is 5.75 Å². The van der Waals surface area contributed by atoms with Crippen LogP contribution in [0.1, 0.15) is 36.0 Å². The number of aliphatic hydroxyl groups excluding tert-OH is 1. The maximum absolute atomic E-state index is 13.5. The topological polar surface area (TPSA) is 111 Å². The number of nitrogens with one attached hydrogen (secondary N) is 2. The lowest BCUT2D eigenvalue weighted by molar-refractivity contribution is -0.0265. The molecule has 0 radical (unpaired) electrons. The van der Waals surface area contributed by atoms with Crippen LogP contribution in [0.4, 0.5) is 35.9 Å². The second kappa shape index (κ2) is 10.4. The van der Waals surface area contributed by atoms with Crippen LogP contribution in [-0.2, 0) is 10.0 Å². The fourth-order valence-corrected chi connectivity index (χ4v) is 6.00. The van der Waals surface area contributed by atoms with Gasteiger partial charge in [0.25, 0.3) is 11.8 Å². The minimum atomic E-state index is -3.75. The highest BCUT2D eigenvalue weighted by atomic mass is 32.2. The molecule has 2 aromatic rings. The molecule has 0 unspecified atom stereocenters. The number of carbonyl (C=O) groups excluding carboxylic acids is 1. The van der Waals surface area contributed by atoms with Crippen molar-refractivity contribution >= 4 is 38.7 Å². The van der Waals surface area contributed by atoms with Crippen LogP contribution < -0.4 is 24.6 Å². The molecule has 5 rings (SSSR count). The van der Waals surface area contributed by atoms with Crippen molar-refractivity contribution in [3.05, 3.63) is 42.0 Å². The summed E-state index contributed by atoms with van der Waals surface area (Å²) in [5, 5.41) is 11.9. The van der Waals surface area contributed by atoms with Crippen LogP contribution in [0.15, 0.2) is 36.4 Å². The maximum Gasteiger partial charge on any atom is 0.282 e. The summed E-state index contributed by atoms with van der Waals surface area (Å²) in [4.78, 5) is 16.7. The molecule has 2 heterocycles. The molecule has 2 aromatic carbocycles. The van der Waals surface area contributed by atoms with Gasteiger partial charge in [0.1, 0.15) is 5.75 Å². The monoisotopic (exact) mass is 568 g/mol. The summed E-state index contributed by atoms with van der Waals surface area (Å²) in [5.74, 6) is -3.76. The van der Waals surface area contributed by atoms with Crippen LogP contribution in [0.2, 0.25) is 0 Å². The standard InChI is InChI=1S/C26H31F3N4O5S/c27-17-38-23-4-1-18(13-22(23)33-15-26(28,29)16-33)24(35)30-20-3-2-19(31-39(36,37)12-11-34)14-21(20)32-9-7-25(5-6-25)8-10-32/h1-4,13-14,31,34H,5-12,15-17H2,(H,30,35). The van der Waals surface area contributed by atoms with E-state index in [9.17, 15) is 26.4 Å². The third kappa shape index (κ3) is 6.19. The van der Waals surface area contributed by atoms with Crippen molar-refractivity contribution in [1.29, 1.82) is 0 Å². The number of benzene rings is 2. The van der Waals surface area contributed by atoms with Crippen molar-refractivity contribution in [2.45, 2.75) is 31.6 Å². The Labute approximate surface area is 225 Å². The molecule has 39 heavy (non-hydrogen) atoms. The van der Waals surface area contributed by atoms with E-state index in [-0.39, 0.29) is 17.0 Å². The van der Waals surface area contributed by atoms with E-state index in [0.717, 1.165) is 25.9 Å². The first kappa shape index (κ1) is 27.4. The van der Waals surface area contributed by atoms with Crippen LogP contribution in [0.3, 0.4) is 0 Å². The third-order valence-electron chi connectivity index (χ3n) is 7.62. The largest absolute Gasteiger partial charge is 0.461 e. The highest BCUT2D eigenvalue weighted by Crippen LogP contribution is 2.54. The van der Waals surface area contributed by atoms with E-state index in [0.29, 0.717) is 22.5 Å². The van der Waals surface area contributed by atoms with Gasteiger partial charge in [0.05, 0.1) is 48.2 Å². The molecular weight excluding hydrogens is 537 g/mol. The average Bonchev–Trinajstić information content (AvgIpc) is 3.62. The van der Waals surface area contributed by atoms with Gasteiger partial charge in [-0.2, -0.15) is 0 Å². The van der Waals surface area contributed by atoms with Crippen molar-refractivity contribution in [3.63, 3.8) is 0 Å². The number of ether oxygens (including phenoxy) is 1. The van der Waals surface area contributed by atoms with Gasteiger partial charge in [-0.1, -0.05) is 0 Å². The molecule has 1 spiro atoms. The van der Waals surface area contributed by atoms with E-state index < -0.39 is 54.2 Å². The molecule has 3 fully saturated rings. The Morgan fingerprint density at radius 1 is 1.00 bits per heavy atom. The van der Waals surface area contributed by atoms with Crippen LogP contribution in [0, 0.1) is 5.41 Å². The summed E-state index contributed by atoms with van der Waals surface area (Å²) >= 11 is 0. The molecule has 0 aromatic heterocycles. The Morgan fingerprint density at radius 2 is 1.72 bits per heavy atom. The third-order valence-corrected chi connectivity index (χ3v) is 8.88. The number of amides is 1. The Hall–Kier alpha value is -3.19. The smallest absolute Gasteiger partial charge is 0.282 e. The van der Waals surface area contributed by atoms with Gasteiger partial charge in [0, 0.05) is 18.7 Å². The molecule has 1 amide bonds. The van der Waals surface area contributed by atoms with E-state index >= 15 is 0 Å². The van der Waals surface area contributed by atoms with Gasteiger partial charge in [-0.15, -0.1) is 0 Å². The number of halogens is 3. The molecule has 3 aliphatic rings. The number of rotatable bonds is 10. The zero-order chi connectivity index (χ0) is 27.8. The molecule has 1 saturated carbocycles. The van der Waals surface area contributed by atoms with Crippen molar-refractivity contribution in [3.8, 4) is 5.75 Å². The van der Waals surface area contributed by atoms with Gasteiger partial charge in [-0.05, 0) is 67.5 Å². The maximum atomic E-state index is 13.5. The summed E-state index contributed by atoms with van der Waals surface area (Å²) in [7, 11) is -3.75. The number of hydrogen-bond acceptors (Lipinski definition) is 7. The van der Waals surface area contributed by atoms with E-state index in [1.54, 1.807) is 12.1 Å². The first-order chi connectivity index (χ1) is 18.5. The predicted molar refractivity (Wildman–Crippen MR) is 142 cm³/mol. The average molecular weight is 569 g/mol. The van der Waals surface area contributed by atoms with E-state index in [1.807, 2.05) is 0 Å². The minimum Gasteiger partial charge on any atom is -0.461 e. The fraction of sp³-hybridized carbons (Fsp3) is 0.500. The van der Waals surface area contributed by atoms with Crippen molar-refractivity contribution in [1.82, 2.24) is 0 Å². The summed E-state index contributed by atoms with van der Waals surface area (Å²) in [6, 6.07) is 8.97. The second-order valence-electron chi connectivity index (χ2n) is 10.5. The Balaban J connectivity index is 1.40. The highest BCUT2D eigenvalue weighted by molar-refractivity contribution is 7.92. The number of anilines is 4. The van der Waals surface area contributed by atoms with Crippen LogP contribution in [0.25, 0.3) is 0 Å². The molecule has 212 valence electrons. The zero-order valence-corrected chi connectivity index (χ0v) is 22.1. The van der Waals surface area contributed by atoms with Crippen molar-refractivity contribution < 1.29 is 36.2 Å². The number of sulfonamides is 1. The Morgan fingerprint density at radius 3 is 2.33 bits per heavy atom. The quantitative estimate of drug-likeness (QED) is 0.400. The molecule has 13 heteroatoms. The normalized spacial score (nSPS) is 19.4. The number of hydrogen-bond donors (Lipinski definition) is 3. The molecule has 0 bridgehead atoms. The van der Waals surface area contributed by atoms with Crippen LogP contribution in [-0.4, -0.2) is 70.8 Å². The number of piperidine rings is 1. The van der Waals surface area contributed by atoms with E-state index in [1.165, 1.54) is 42.0 Å². The Kier molecular flexibility index (Phi) is 7.31. The first-order valence-corrected chi connectivity index (χ1v) is 14.4. The highest BCUT2D eigenvalue weighted by Gasteiger charge is 2.45. The minimum absolute atomic E-state index is 0.0621. The SMILES string of the molecule is O=C(Nc1ccc(NS(=O)(=O)CCO)cc1N1CCC2(CC1)CC2)c1ccc(OCF)c(N2CC(F)(F)C2)c1. The van der Waals surface area contributed by atoms with Crippen molar-refractivity contribution in [2.75, 3.05) is 65.2 Å². The first-order valence-electron chi connectivity index (χ1n) is 12.8. The lowest BCUT2D eigenvalue weighted by Gasteiger charge is -2.41. The summed E-state index contributed by atoms with van der Waals surface area (Å²) in [6.07, 6.45) is 4.42. The van der Waals surface area contributed by atoms with Crippen LogP contribution >= 0.6 is 0 Å². The molecular formula is C26H31F3N4O5S. The lowest BCUT2D eigenvalue weighted by atomic mass is 9.93. The second-order valence-corrected chi connectivity index (χ2v) is 12.3. The van der Waals surface area contributed by atoms with Gasteiger partial charge in [0.15, 0.2) is 0 Å². The summed E-state index contributed by atoms with van der Waals surface area (Å²) < 4.78 is 71.7. The Bertz CT molecular complexity index is 1340. The number of carbonyl (C=O) groups is 1. The van der Waals surface area contributed by atoms with Gasteiger partial charge in [-0.25, -0.2) is 21.6 Å². The van der Waals surface area contributed by atoms with Gasteiger partial charge < -0.3 is 25.0 Å². The molecule has 9 nitrogen and oxygen atoms in total. The number of nitrogens with zero attached hydrogens (tertiary/aromatic N) is 2.